The van der Waals surface area contributed by atoms with Gasteiger partial charge in [-0.1, -0.05) is 35.9 Å². The first kappa shape index (κ1) is 21.4. The molecular weight excluding hydrogens is 435 g/mol. The Hall–Kier alpha value is -3.84. The fourth-order valence-electron chi connectivity index (χ4n) is 3.53. The molecule has 0 N–H and O–H groups in total. The quantitative estimate of drug-likeness (QED) is 0.435. The molecule has 0 spiro atoms. The third-order valence-electron chi connectivity index (χ3n) is 5.23. The molecule has 1 aliphatic heterocycles. The Morgan fingerprint density at radius 2 is 1.50 bits per heavy atom. The summed E-state index contributed by atoms with van der Waals surface area (Å²) in [5, 5.41) is 0.231. The van der Waals surface area contributed by atoms with Gasteiger partial charge in [-0.3, -0.25) is 24.1 Å². The van der Waals surface area contributed by atoms with Crippen molar-refractivity contribution < 1.29 is 23.6 Å². The zero-order valence-corrected chi connectivity index (χ0v) is 17.6. The lowest BCUT2D eigenvalue weighted by atomic mass is 10.0. The topological polar surface area (TPSA) is 74.8 Å². The van der Waals surface area contributed by atoms with Gasteiger partial charge in [0.25, 0.3) is 11.8 Å². The molecule has 0 radical (unpaired) electrons. The van der Waals surface area contributed by atoms with Crippen LogP contribution in [-0.2, 0) is 4.79 Å². The highest BCUT2D eigenvalue weighted by Gasteiger charge is 2.37. The Labute approximate surface area is 187 Å². The van der Waals surface area contributed by atoms with Crippen LogP contribution in [0.3, 0.4) is 0 Å². The van der Waals surface area contributed by atoms with Crippen LogP contribution in [0, 0.1) is 5.82 Å². The summed E-state index contributed by atoms with van der Waals surface area (Å²) in [5.41, 5.74) is 0.479. The van der Waals surface area contributed by atoms with Crippen molar-refractivity contribution in [2.45, 2.75) is 0 Å². The van der Waals surface area contributed by atoms with E-state index in [1.165, 1.54) is 55.6 Å². The highest BCUT2D eigenvalue weighted by Crippen LogP contribution is 2.28. The van der Waals surface area contributed by atoms with Gasteiger partial charge >= 0.3 is 0 Å². The van der Waals surface area contributed by atoms with E-state index < -0.39 is 35.9 Å². The fraction of sp³-hybridized carbons (Fsp3) is 0.0833. The maximum absolute atomic E-state index is 14.2. The van der Waals surface area contributed by atoms with Crippen LogP contribution < -0.4 is 4.90 Å². The molecule has 4 rings (SSSR count). The van der Waals surface area contributed by atoms with Gasteiger partial charge in [-0.25, -0.2) is 4.39 Å². The molecule has 0 atom stereocenters. The SMILES string of the molecule is CN(C(=O)CN1C(=O)c2ccccc2C1=O)c1ccc(Cl)cc1C(=O)c1ccccc1F. The summed E-state index contributed by atoms with van der Waals surface area (Å²) in [6, 6.07) is 16.1. The molecule has 32 heavy (non-hydrogen) atoms. The molecule has 0 fully saturated rings. The van der Waals surface area contributed by atoms with Crippen LogP contribution in [0.2, 0.25) is 5.02 Å². The number of likely N-dealkylation sites (N-methyl/N-ethyl adjacent to an activating group) is 1. The summed E-state index contributed by atoms with van der Waals surface area (Å²) in [7, 11) is 1.40. The number of carbonyl (C=O) groups excluding carboxylic acids is 4. The average molecular weight is 451 g/mol. The number of amides is 3. The highest BCUT2D eigenvalue weighted by molar-refractivity contribution is 6.31. The van der Waals surface area contributed by atoms with Gasteiger partial charge in [0.2, 0.25) is 5.91 Å². The van der Waals surface area contributed by atoms with Crippen LogP contribution in [0.5, 0.6) is 0 Å². The van der Waals surface area contributed by atoms with E-state index in [4.69, 9.17) is 11.6 Å². The van der Waals surface area contributed by atoms with Gasteiger partial charge in [0.1, 0.15) is 12.4 Å². The van der Waals surface area contributed by atoms with Crippen molar-refractivity contribution in [1.82, 2.24) is 4.90 Å². The van der Waals surface area contributed by atoms with Crippen molar-refractivity contribution in [3.8, 4) is 0 Å². The number of carbonyl (C=O) groups is 4. The van der Waals surface area contributed by atoms with Gasteiger partial charge in [0.15, 0.2) is 5.78 Å². The summed E-state index contributed by atoms with van der Waals surface area (Å²) in [4.78, 5) is 53.1. The number of imide groups is 1. The lowest BCUT2D eigenvalue weighted by Crippen LogP contribution is -2.41. The molecule has 0 aromatic heterocycles. The number of hydrogen-bond acceptors (Lipinski definition) is 4. The minimum atomic E-state index is -0.705. The molecule has 8 heteroatoms. The third kappa shape index (κ3) is 3.67. The van der Waals surface area contributed by atoms with Crippen LogP contribution in [0.25, 0.3) is 0 Å². The zero-order chi connectivity index (χ0) is 23.0. The van der Waals surface area contributed by atoms with E-state index in [0.717, 1.165) is 15.9 Å². The number of benzene rings is 3. The standard InChI is InChI=1S/C24H16ClFN2O4/c1-27(21(29)13-28-23(31)15-6-2-3-7-16(15)24(28)32)20-11-10-14(25)12-18(20)22(30)17-8-4-5-9-19(17)26/h2-12H,13H2,1H3. The summed E-state index contributed by atoms with van der Waals surface area (Å²) >= 11 is 6.05. The van der Waals surface area contributed by atoms with Crippen molar-refractivity contribution >= 4 is 40.8 Å². The largest absolute Gasteiger partial charge is 0.313 e. The van der Waals surface area contributed by atoms with E-state index >= 15 is 0 Å². The van der Waals surface area contributed by atoms with Crippen molar-refractivity contribution in [3.05, 3.63) is 99.8 Å². The van der Waals surface area contributed by atoms with Gasteiger partial charge in [-0.15, -0.1) is 0 Å². The fourth-order valence-corrected chi connectivity index (χ4v) is 3.70. The maximum Gasteiger partial charge on any atom is 0.262 e. The molecular formula is C24H16ClFN2O4. The van der Waals surface area contributed by atoms with Gasteiger partial charge in [0.05, 0.1) is 22.4 Å². The second kappa shape index (κ2) is 8.36. The van der Waals surface area contributed by atoms with Crippen LogP contribution in [0.15, 0.2) is 66.7 Å². The first-order valence-electron chi connectivity index (χ1n) is 9.60. The predicted molar refractivity (Wildman–Crippen MR) is 117 cm³/mol. The van der Waals surface area contributed by atoms with E-state index in [9.17, 15) is 23.6 Å². The predicted octanol–water partition coefficient (Wildman–Crippen LogP) is 3.97. The molecule has 3 aromatic carbocycles. The number of rotatable bonds is 5. The van der Waals surface area contributed by atoms with Crippen LogP contribution in [-0.4, -0.2) is 42.0 Å². The molecule has 0 saturated heterocycles. The second-order valence-corrected chi connectivity index (χ2v) is 7.60. The van der Waals surface area contributed by atoms with Gasteiger partial charge in [0, 0.05) is 17.6 Å². The number of fused-ring (bicyclic) bond motifs is 1. The first-order chi connectivity index (χ1) is 15.3. The molecule has 0 unspecified atom stereocenters. The van der Waals surface area contributed by atoms with E-state index in [1.54, 1.807) is 12.1 Å². The smallest absolute Gasteiger partial charge is 0.262 e. The molecule has 3 amide bonds. The number of halogens is 2. The second-order valence-electron chi connectivity index (χ2n) is 7.17. The molecule has 0 saturated carbocycles. The number of ketones is 1. The summed E-state index contributed by atoms with van der Waals surface area (Å²) in [6.07, 6.45) is 0. The minimum Gasteiger partial charge on any atom is -0.313 e. The number of hydrogen-bond donors (Lipinski definition) is 0. The Morgan fingerprint density at radius 3 is 2.12 bits per heavy atom. The molecule has 0 bridgehead atoms. The molecule has 0 aliphatic carbocycles. The van der Waals surface area contributed by atoms with E-state index in [-0.39, 0.29) is 33.0 Å². The van der Waals surface area contributed by atoms with Crippen molar-refractivity contribution in [2.24, 2.45) is 0 Å². The highest BCUT2D eigenvalue weighted by atomic mass is 35.5. The van der Waals surface area contributed by atoms with Crippen molar-refractivity contribution in [3.63, 3.8) is 0 Å². The van der Waals surface area contributed by atoms with E-state index in [2.05, 4.69) is 0 Å². The number of nitrogens with zero attached hydrogens (tertiary/aromatic N) is 2. The molecule has 160 valence electrons. The minimum absolute atomic E-state index is 0.0146. The Bertz CT molecular complexity index is 1260. The van der Waals surface area contributed by atoms with Gasteiger partial charge in [-0.2, -0.15) is 0 Å². The monoisotopic (exact) mass is 450 g/mol. The zero-order valence-electron chi connectivity index (χ0n) is 16.8. The lowest BCUT2D eigenvalue weighted by Gasteiger charge is -2.23. The number of anilines is 1. The first-order valence-corrected chi connectivity index (χ1v) is 9.98. The normalized spacial score (nSPS) is 12.7. The molecule has 1 aliphatic rings. The molecule has 1 heterocycles. The lowest BCUT2D eigenvalue weighted by molar-refractivity contribution is -0.118. The average Bonchev–Trinajstić information content (AvgIpc) is 3.03. The Balaban J connectivity index is 1.63. The summed E-state index contributed by atoms with van der Waals surface area (Å²) in [5.74, 6) is -3.09. The maximum atomic E-state index is 14.2. The van der Waals surface area contributed by atoms with Crippen molar-refractivity contribution in [1.29, 1.82) is 0 Å². The van der Waals surface area contributed by atoms with Gasteiger partial charge < -0.3 is 4.90 Å². The van der Waals surface area contributed by atoms with E-state index in [0.29, 0.717) is 0 Å². The third-order valence-corrected chi connectivity index (χ3v) is 5.46. The van der Waals surface area contributed by atoms with Crippen LogP contribution in [0.4, 0.5) is 10.1 Å². The summed E-state index contributed by atoms with van der Waals surface area (Å²) in [6.45, 7) is -0.515. The molecule has 6 nitrogen and oxygen atoms in total. The summed E-state index contributed by atoms with van der Waals surface area (Å²) < 4.78 is 14.2. The Morgan fingerprint density at radius 1 is 0.906 bits per heavy atom. The van der Waals surface area contributed by atoms with Crippen molar-refractivity contribution in [2.75, 3.05) is 18.5 Å². The van der Waals surface area contributed by atoms with E-state index in [1.807, 2.05) is 0 Å². The Kier molecular flexibility index (Phi) is 5.59. The van der Waals surface area contributed by atoms with Crippen LogP contribution in [0.1, 0.15) is 36.6 Å². The van der Waals surface area contributed by atoms with Gasteiger partial charge in [-0.05, 0) is 42.5 Å². The molecule has 3 aromatic rings. The van der Waals surface area contributed by atoms with Crippen LogP contribution >= 0.6 is 11.6 Å².